The highest BCUT2D eigenvalue weighted by atomic mass is 19.1. The van der Waals surface area contributed by atoms with Crippen molar-refractivity contribution >= 4 is 6.03 Å². The molecule has 3 heterocycles. The number of nitrogens with two attached hydrogens (primary N) is 1. The minimum atomic E-state index is -0.411. The number of nitrogens with one attached hydrogen (secondary N) is 1. The SMILES string of the molecule is CC1(Cc2ccc(-n3cc(F)cn3)nc2)CNCCN1C(N)=O. The molecule has 122 valence electrons. The monoisotopic (exact) mass is 318 g/mol. The van der Waals surface area contributed by atoms with Crippen LogP contribution in [0.4, 0.5) is 9.18 Å². The van der Waals surface area contributed by atoms with E-state index in [1.165, 1.54) is 10.9 Å². The topological polar surface area (TPSA) is 89.1 Å². The van der Waals surface area contributed by atoms with Crippen LogP contribution in [0.1, 0.15) is 12.5 Å². The van der Waals surface area contributed by atoms with Crippen molar-refractivity contribution in [3.63, 3.8) is 0 Å². The zero-order chi connectivity index (χ0) is 16.4. The highest BCUT2D eigenvalue weighted by molar-refractivity contribution is 5.73. The molecule has 0 spiro atoms. The normalized spacial score (nSPS) is 21.4. The zero-order valence-electron chi connectivity index (χ0n) is 12.9. The van der Waals surface area contributed by atoms with E-state index in [4.69, 9.17) is 5.73 Å². The minimum Gasteiger partial charge on any atom is -0.351 e. The maximum atomic E-state index is 13.0. The van der Waals surface area contributed by atoms with Crippen molar-refractivity contribution in [2.75, 3.05) is 19.6 Å². The minimum absolute atomic E-state index is 0.398. The predicted molar refractivity (Wildman–Crippen MR) is 82.6 cm³/mol. The number of rotatable bonds is 3. The number of nitrogens with zero attached hydrogens (tertiary/aromatic N) is 4. The van der Waals surface area contributed by atoms with Gasteiger partial charge in [-0.25, -0.2) is 18.9 Å². The Hall–Kier alpha value is -2.48. The maximum absolute atomic E-state index is 13.0. The second-order valence-corrected chi connectivity index (χ2v) is 5.97. The van der Waals surface area contributed by atoms with Crippen molar-refractivity contribution in [2.24, 2.45) is 5.73 Å². The van der Waals surface area contributed by atoms with Crippen molar-refractivity contribution < 1.29 is 9.18 Å². The molecule has 2 aromatic heterocycles. The van der Waals surface area contributed by atoms with Crippen LogP contribution >= 0.6 is 0 Å². The lowest BCUT2D eigenvalue weighted by Crippen LogP contribution is -2.63. The van der Waals surface area contributed by atoms with E-state index >= 15 is 0 Å². The number of carbonyl (C=O) groups excluding carboxylic acids is 1. The number of hydrogen-bond acceptors (Lipinski definition) is 4. The highest BCUT2D eigenvalue weighted by Gasteiger charge is 2.36. The van der Waals surface area contributed by atoms with Crippen LogP contribution in [0.3, 0.4) is 0 Å². The van der Waals surface area contributed by atoms with Crippen molar-refractivity contribution in [1.82, 2.24) is 25.0 Å². The first-order valence-electron chi connectivity index (χ1n) is 7.41. The Bertz CT molecular complexity index is 700. The van der Waals surface area contributed by atoms with Gasteiger partial charge in [0, 0.05) is 25.8 Å². The molecule has 8 heteroatoms. The van der Waals surface area contributed by atoms with Crippen LogP contribution in [0.2, 0.25) is 0 Å². The molecule has 1 atom stereocenters. The first-order chi connectivity index (χ1) is 11.0. The van der Waals surface area contributed by atoms with Crippen LogP contribution in [0, 0.1) is 5.82 Å². The number of amides is 2. The van der Waals surface area contributed by atoms with Gasteiger partial charge in [0.05, 0.1) is 17.9 Å². The second kappa shape index (κ2) is 5.96. The van der Waals surface area contributed by atoms with Gasteiger partial charge in [-0.2, -0.15) is 5.10 Å². The summed E-state index contributed by atoms with van der Waals surface area (Å²) in [6, 6.07) is 3.27. The quantitative estimate of drug-likeness (QED) is 0.871. The number of pyridine rings is 1. The van der Waals surface area contributed by atoms with Crippen molar-refractivity contribution in [1.29, 1.82) is 0 Å². The largest absolute Gasteiger partial charge is 0.351 e. The molecule has 1 unspecified atom stereocenters. The second-order valence-electron chi connectivity index (χ2n) is 5.97. The molecule has 3 rings (SSSR count). The van der Waals surface area contributed by atoms with Crippen LogP contribution in [-0.2, 0) is 6.42 Å². The van der Waals surface area contributed by atoms with Crippen molar-refractivity contribution in [3.8, 4) is 5.82 Å². The Morgan fingerprint density at radius 1 is 1.48 bits per heavy atom. The summed E-state index contributed by atoms with van der Waals surface area (Å²) in [4.78, 5) is 17.7. The lowest BCUT2D eigenvalue weighted by Gasteiger charge is -2.44. The first-order valence-corrected chi connectivity index (χ1v) is 7.41. The molecular formula is C15H19FN6O. The molecule has 2 amide bonds. The Balaban J connectivity index is 1.78. The molecule has 0 radical (unpaired) electrons. The van der Waals surface area contributed by atoms with Gasteiger partial charge in [-0.05, 0) is 25.0 Å². The third kappa shape index (κ3) is 3.16. The zero-order valence-corrected chi connectivity index (χ0v) is 12.9. The van der Waals surface area contributed by atoms with Gasteiger partial charge in [0.25, 0.3) is 0 Å². The van der Waals surface area contributed by atoms with Gasteiger partial charge in [-0.1, -0.05) is 6.07 Å². The van der Waals surface area contributed by atoms with Crippen LogP contribution in [0.5, 0.6) is 0 Å². The third-order valence-electron chi connectivity index (χ3n) is 4.12. The fraction of sp³-hybridized carbons (Fsp3) is 0.400. The summed E-state index contributed by atoms with van der Waals surface area (Å²) in [5.41, 5.74) is 6.07. The average Bonchev–Trinajstić information content (AvgIpc) is 2.94. The van der Waals surface area contributed by atoms with Crippen LogP contribution < -0.4 is 11.1 Å². The molecule has 1 aliphatic heterocycles. The van der Waals surface area contributed by atoms with E-state index in [0.29, 0.717) is 25.3 Å². The van der Waals surface area contributed by atoms with Gasteiger partial charge >= 0.3 is 6.03 Å². The van der Waals surface area contributed by atoms with Crippen molar-refractivity contribution in [3.05, 3.63) is 42.1 Å². The molecule has 23 heavy (non-hydrogen) atoms. The van der Waals surface area contributed by atoms with E-state index in [1.807, 2.05) is 13.0 Å². The van der Waals surface area contributed by atoms with Gasteiger partial charge in [-0.3, -0.25) is 0 Å². The fourth-order valence-corrected chi connectivity index (χ4v) is 2.97. The molecule has 3 N–H and O–H groups in total. The smallest absolute Gasteiger partial charge is 0.315 e. The van der Waals surface area contributed by atoms with Gasteiger partial charge in [0.15, 0.2) is 11.6 Å². The Kier molecular flexibility index (Phi) is 3.99. The van der Waals surface area contributed by atoms with Crippen LogP contribution in [-0.4, -0.2) is 50.9 Å². The van der Waals surface area contributed by atoms with Crippen molar-refractivity contribution in [2.45, 2.75) is 18.9 Å². The molecule has 0 saturated carbocycles. The standard InChI is InChI=1S/C15H19FN6O/c1-15(10-18-4-5-21(15)14(17)23)6-11-2-3-13(19-7-11)22-9-12(16)8-20-22/h2-3,7-9,18H,4-6,10H2,1H3,(H2,17,23). The molecule has 0 aliphatic carbocycles. The average molecular weight is 318 g/mol. The summed E-state index contributed by atoms with van der Waals surface area (Å²) in [7, 11) is 0. The number of carbonyl (C=O) groups is 1. The molecular weight excluding hydrogens is 299 g/mol. The predicted octanol–water partition coefficient (Wildman–Crippen LogP) is 0.692. The van der Waals surface area contributed by atoms with Crippen LogP contribution in [0.15, 0.2) is 30.7 Å². The van der Waals surface area contributed by atoms with E-state index in [1.54, 1.807) is 17.2 Å². The summed E-state index contributed by atoms with van der Waals surface area (Å²) in [6.07, 6.45) is 4.75. The number of aromatic nitrogens is 3. The molecule has 7 nitrogen and oxygen atoms in total. The number of hydrogen-bond donors (Lipinski definition) is 2. The Morgan fingerprint density at radius 2 is 2.30 bits per heavy atom. The number of halogens is 1. The number of primary amides is 1. The Labute approximate surface area is 133 Å². The Morgan fingerprint density at radius 3 is 2.91 bits per heavy atom. The highest BCUT2D eigenvalue weighted by Crippen LogP contribution is 2.22. The van der Waals surface area contributed by atoms with Crippen LogP contribution in [0.25, 0.3) is 5.82 Å². The summed E-state index contributed by atoms with van der Waals surface area (Å²) >= 11 is 0. The third-order valence-corrected chi connectivity index (χ3v) is 4.12. The lowest BCUT2D eigenvalue weighted by molar-refractivity contribution is 0.106. The molecule has 0 aromatic carbocycles. The molecule has 2 aromatic rings. The summed E-state index contributed by atoms with van der Waals surface area (Å²) in [6.45, 7) is 3.99. The number of piperazine rings is 1. The fourth-order valence-electron chi connectivity index (χ4n) is 2.97. The molecule has 1 saturated heterocycles. The molecule has 0 bridgehead atoms. The summed E-state index contributed by atoms with van der Waals surface area (Å²) in [5.74, 6) is 0.130. The summed E-state index contributed by atoms with van der Waals surface area (Å²) in [5, 5.41) is 7.17. The van der Waals surface area contributed by atoms with Gasteiger partial charge in [0.1, 0.15) is 0 Å². The van der Waals surface area contributed by atoms with E-state index < -0.39 is 17.4 Å². The summed E-state index contributed by atoms with van der Waals surface area (Å²) < 4.78 is 14.4. The lowest BCUT2D eigenvalue weighted by atomic mass is 9.90. The van der Waals surface area contributed by atoms with E-state index in [-0.39, 0.29) is 0 Å². The van der Waals surface area contributed by atoms with Gasteiger partial charge < -0.3 is 16.0 Å². The van der Waals surface area contributed by atoms with E-state index in [0.717, 1.165) is 18.3 Å². The van der Waals surface area contributed by atoms with Gasteiger partial charge in [-0.15, -0.1) is 0 Å². The van der Waals surface area contributed by atoms with E-state index in [9.17, 15) is 9.18 Å². The van der Waals surface area contributed by atoms with Gasteiger partial charge in [0.2, 0.25) is 0 Å². The number of urea groups is 1. The van der Waals surface area contributed by atoms with E-state index in [2.05, 4.69) is 15.4 Å². The molecule has 1 fully saturated rings. The molecule has 1 aliphatic rings. The first kappa shape index (κ1) is 15.4. The maximum Gasteiger partial charge on any atom is 0.315 e.